The zero-order chi connectivity index (χ0) is 22.9. The Bertz CT molecular complexity index is 935. The molecule has 0 spiro atoms. The zero-order valence-electron chi connectivity index (χ0n) is 19.4. The molecule has 5 rings (SSSR count). The molecule has 1 heterocycles. The smallest absolute Gasteiger partial charge is 0.335 e. The Morgan fingerprint density at radius 3 is 2.59 bits per heavy atom. The number of hydrogen-bond donors (Lipinski definition) is 2. The summed E-state index contributed by atoms with van der Waals surface area (Å²) in [6, 6.07) is 3.14. The van der Waals surface area contributed by atoms with Crippen molar-refractivity contribution < 1.29 is 24.2 Å². The molecular weight excluding hydrogens is 408 g/mol. The largest absolute Gasteiger partial charge is 0.469 e. The lowest BCUT2D eigenvalue weighted by Gasteiger charge is -2.63. The summed E-state index contributed by atoms with van der Waals surface area (Å²) < 4.78 is 10.4. The molecule has 6 nitrogen and oxygen atoms in total. The van der Waals surface area contributed by atoms with E-state index in [1.165, 1.54) is 19.4 Å². The first-order valence-electron chi connectivity index (χ1n) is 12.2. The van der Waals surface area contributed by atoms with Crippen LogP contribution in [0.2, 0.25) is 0 Å². The van der Waals surface area contributed by atoms with Gasteiger partial charge in [0.15, 0.2) is 0 Å². The molecule has 6 heteroatoms. The minimum atomic E-state index is -0.986. The van der Waals surface area contributed by atoms with Gasteiger partial charge in [0.1, 0.15) is 0 Å². The Morgan fingerprint density at radius 1 is 1.12 bits per heavy atom. The van der Waals surface area contributed by atoms with Crippen molar-refractivity contribution in [2.45, 2.75) is 82.8 Å². The maximum atomic E-state index is 12.9. The minimum absolute atomic E-state index is 0.116. The third-order valence-corrected chi connectivity index (χ3v) is 10.4. The van der Waals surface area contributed by atoms with Crippen LogP contribution in [0.25, 0.3) is 0 Å². The van der Waals surface area contributed by atoms with Gasteiger partial charge in [-0.25, -0.2) is 4.79 Å². The van der Waals surface area contributed by atoms with Gasteiger partial charge in [0.2, 0.25) is 0 Å². The molecule has 4 saturated carbocycles. The van der Waals surface area contributed by atoms with Gasteiger partial charge < -0.3 is 19.4 Å². The maximum Gasteiger partial charge on any atom is 0.335 e. The van der Waals surface area contributed by atoms with Gasteiger partial charge >= 0.3 is 11.6 Å². The molecule has 4 aliphatic carbocycles. The highest BCUT2D eigenvalue weighted by Gasteiger charge is 2.70. The second-order valence-corrected chi connectivity index (χ2v) is 11.5. The van der Waals surface area contributed by atoms with E-state index in [1.807, 2.05) is 0 Å². The fraction of sp³-hybridized carbons (Fsp3) is 0.769. The lowest BCUT2D eigenvalue weighted by molar-refractivity contribution is -0.205. The molecule has 4 aliphatic rings. The molecule has 32 heavy (non-hydrogen) atoms. The fourth-order valence-corrected chi connectivity index (χ4v) is 8.80. The predicted molar refractivity (Wildman–Crippen MR) is 118 cm³/mol. The van der Waals surface area contributed by atoms with Gasteiger partial charge in [-0.15, -0.1) is 0 Å². The van der Waals surface area contributed by atoms with Crippen molar-refractivity contribution in [3.05, 3.63) is 34.4 Å². The highest BCUT2D eigenvalue weighted by molar-refractivity contribution is 5.75. The molecule has 2 N–H and O–H groups in total. The molecule has 9 atom stereocenters. The zero-order valence-corrected chi connectivity index (χ0v) is 19.4. The van der Waals surface area contributed by atoms with E-state index in [9.17, 15) is 19.8 Å². The first-order valence-corrected chi connectivity index (χ1v) is 12.2. The van der Waals surface area contributed by atoms with Crippen LogP contribution in [0.4, 0.5) is 0 Å². The molecule has 0 radical (unpaired) electrons. The van der Waals surface area contributed by atoms with Crippen LogP contribution in [0.1, 0.15) is 76.7 Å². The van der Waals surface area contributed by atoms with Crippen molar-refractivity contribution >= 4 is 5.97 Å². The number of rotatable bonds is 2. The van der Waals surface area contributed by atoms with Gasteiger partial charge in [-0.3, -0.25) is 4.79 Å². The highest BCUT2D eigenvalue weighted by atomic mass is 16.5. The Hall–Kier alpha value is -1.66. The highest BCUT2D eigenvalue weighted by Crippen LogP contribution is 2.71. The third kappa shape index (κ3) is 2.91. The number of carbonyl (C=O) groups excluding carboxylic acids is 1. The summed E-state index contributed by atoms with van der Waals surface area (Å²) in [6.45, 7) is 4.50. The van der Waals surface area contributed by atoms with Crippen LogP contribution in [0.3, 0.4) is 0 Å². The molecule has 1 aromatic rings. The Labute approximate surface area is 189 Å². The van der Waals surface area contributed by atoms with Crippen molar-refractivity contribution in [2.24, 2.45) is 34.5 Å². The van der Waals surface area contributed by atoms with E-state index in [0.29, 0.717) is 18.3 Å². The molecule has 176 valence electrons. The number of fused-ring (bicyclic) bond motifs is 5. The molecule has 0 saturated heterocycles. The molecule has 0 aromatic carbocycles. The summed E-state index contributed by atoms with van der Waals surface area (Å²) in [7, 11) is 1.40. The number of carbonyl (C=O) groups is 1. The normalized spacial score (nSPS) is 47.8. The Kier molecular flexibility index (Phi) is 5.14. The maximum absolute atomic E-state index is 12.9. The summed E-state index contributed by atoms with van der Waals surface area (Å²) >= 11 is 0. The second kappa shape index (κ2) is 7.42. The topological polar surface area (TPSA) is 97.0 Å². The van der Waals surface area contributed by atoms with E-state index < -0.39 is 22.6 Å². The molecule has 0 amide bonds. The van der Waals surface area contributed by atoms with Crippen LogP contribution in [0, 0.1) is 34.5 Å². The van der Waals surface area contributed by atoms with E-state index in [-0.39, 0.29) is 29.3 Å². The summed E-state index contributed by atoms with van der Waals surface area (Å²) in [5.41, 5.74) is -1.00. The number of methoxy groups -OCH3 is 1. The lowest BCUT2D eigenvalue weighted by atomic mass is 9.43. The second-order valence-electron chi connectivity index (χ2n) is 11.5. The predicted octanol–water partition coefficient (Wildman–Crippen LogP) is 3.64. The van der Waals surface area contributed by atoms with E-state index in [2.05, 4.69) is 13.8 Å². The molecule has 0 bridgehead atoms. The standard InChI is InChI=1S/C26H36O6/c1-24-10-8-17(27)12-16(24)5-6-20-19(24)9-11-25(2)22(15-4-7-21(28)32-14-15)18(23(29)31-3)13-26(20,25)30/h4,7,14,16-20,22,27,30H,5-6,8-13H2,1-3H3/t16-,17+,18+,19+,20-,22+,24+,25-,26+/m0/s1. The monoisotopic (exact) mass is 444 g/mol. The van der Waals surface area contributed by atoms with Gasteiger partial charge in [0.05, 0.1) is 31.0 Å². The van der Waals surface area contributed by atoms with Crippen LogP contribution in [-0.2, 0) is 9.53 Å². The van der Waals surface area contributed by atoms with Crippen LogP contribution >= 0.6 is 0 Å². The van der Waals surface area contributed by atoms with Crippen molar-refractivity contribution in [3.8, 4) is 0 Å². The van der Waals surface area contributed by atoms with Crippen molar-refractivity contribution in [1.82, 2.24) is 0 Å². The third-order valence-electron chi connectivity index (χ3n) is 10.4. The lowest BCUT2D eigenvalue weighted by Crippen LogP contribution is -2.62. The van der Waals surface area contributed by atoms with Gasteiger partial charge in [0.25, 0.3) is 0 Å². The number of esters is 1. The summed E-state index contributed by atoms with van der Waals surface area (Å²) in [5.74, 6) is -0.0349. The van der Waals surface area contributed by atoms with Crippen LogP contribution < -0.4 is 5.63 Å². The molecular formula is C26H36O6. The number of aliphatic hydroxyl groups excluding tert-OH is 1. The van der Waals surface area contributed by atoms with Crippen molar-refractivity contribution in [1.29, 1.82) is 0 Å². The van der Waals surface area contributed by atoms with Crippen LogP contribution in [0.15, 0.2) is 27.6 Å². The Morgan fingerprint density at radius 2 is 1.91 bits per heavy atom. The summed E-state index contributed by atoms with van der Waals surface area (Å²) in [4.78, 5) is 24.5. The van der Waals surface area contributed by atoms with Gasteiger partial charge in [-0.1, -0.05) is 13.8 Å². The van der Waals surface area contributed by atoms with Crippen LogP contribution in [-0.4, -0.2) is 35.0 Å². The average molecular weight is 445 g/mol. The summed E-state index contributed by atoms with van der Waals surface area (Å²) in [6.07, 6.45) is 8.11. The van der Waals surface area contributed by atoms with E-state index in [1.54, 1.807) is 6.07 Å². The van der Waals surface area contributed by atoms with Crippen LogP contribution in [0.5, 0.6) is 0 Å². The molecule has 0 unspecified atom stereocenters. The first-order chi connectivity index (χ1) is 15.1. The first kappa shape index (κ1) is 22.1. The van der Waals surface area contributed by atoms with E-state index >= 15 is 0 Å². The molecule has 4 fully saturated rings. The van der Waals surface area contributed by atoms with Gasteiger partial charge in [0, 0.05) is 17.4 Å². The average Bonchev–Trinajstić information content (AvgIpc) is 3.02. The fourth-order valence-electron chi connectivity index (χ4n) is 8.80. The van der Waals surface area contributed by atoms with E-state index in [4.69, 9.17) is 9.15 Å². The van der Waals surface area contributed by atoms with Gasteiger partial charge in [-0.2, -0.15) is 0 Å². The Balaban J connectivity index is 1.56. The summed E-state index contributed by atoms with van der Waals surface area (Å²) in [5, 5.41) is 22.7. The molecule has 1 aromatic heterocycles. The number of ether oxygens (including phenoxy) is 1. The molecule has 0 aliphatic heterocycles. The minimum Gasteiger partial charge on any atom is -0.469 e. The van der Waals surface area contributed by atoms with E-state index in [0.717, 1.165) is 50.5 Å². The number of aliphatic hydroxyl groups is 2. The van der Waals surface area contributed by atoms with Crippen molar-refractivity contribution in [3.63, 3.8) is 0 Å². The SMILES string of the molecule is COC(=O)[C@@H]1C[C@@]2(O)[C@H]3CC[C@H]4C[C@H](O)CC[C@@]4(C)[C@@H]3CC[C@@]2(C)[C@@H]1c1ccc(=O)oc1. The van der Waals surface area contributed by atoms with Gasteiger partial charge in [-0.05, 0) is 86.2 Å². The van der Waals surface area contributed by atoms with Crippen molar-refractivity contribution in [2.75, 3.05) is 7.11 Å². The number of hydrogen-bond acceptors (Lipinski definition) is 6. The quantitative estimate of drug-likeness (QED) is 0.676.